The number of benzene rings is 1. The van der Waals surface area contributed by atoms with E-state index in [2.05, 4.69) is 6.92 Å². The van der Waals surface area contributed by atoms with E-state index in [1.807, 2.05) is 0 Å². The lowest BCUT2D eigenvalue weighted by atomic mass is 9.95. The van der Waals surface area contributed by atoms with Crippen molar-refractivity contribution < 1.29 is 13.9 Å². The molecule has 0 spiro atoms. The van der Waals surface area contributed by atoms with Crippen LogP contribution in [0, 0.1) is 11.7 Å². The maximum Gasteiger partial charge on any atom is 0.256 e. The van der Waals surface area contributed by atoms with Gasteiger partial charge in [-0.1, -0.05) is 18.5 Å². The van der Waals surface area contributed by atoms with Crippen molar-refractivity contribution >= 4 is 17.5 Å². The summed E-state index contributed by atoms with van der Waals surface area (Å²) in [7, 11) is 1.63. The molecule has 1 heterocycles. The maximum absolute atomic E-state index is 13.7. The van der Waals surface area contributed by atoms with Gasteiger partial charge < -0.3 is 9.64 Å². The Morgan fingerprint density at radius 3 is 2.95 bits per heavy atom. The zero-order valence-corrected chi connectivity index (χ0v) is 11.8. The van der Waals surface area contributed by atoms with E-state index in [9.17, 15) is 9.18 Å². The summed E-state index contributed by atoms with van der Waals surface area (Å²) in [6.07, 6.45) is 0.854. The van der Waals surface area contributed by atoms with Gasteiger partial charge >= 0.3 is 0 Å². The van der Waals surface area contributed by atoms with Crippen LogP contribution in [0.5, 0.6) is 0 Å². The molecule has 1 amide bonds. The summed E-state index contributed by atoms with van der Waals surface area (Å²) in [5.41, 5.74) is 0.0249. The van der Waals surface area contributed by atoms with Crippen molar-refractivity contribution in [1.29, 1.82) is 0 Å². The molecule has 19 heavy (non-hydrogen) atoms. The first-order chi connectivity index (χ1) is 9.02. The Hall–Kier alpha value is -1.13. The number of methoxy groups -OCH3 is 1. The topological polar surface area (TPSA) is 29.5 Å². The molecule has 0 aromatic heterocycles. The van der Waals surface area contributed by atoms with E-state index in [1.54, 1.807) is 12.0 Å². The molecule has 0 aliphatic carbocycles. The largest absolute Gasteiger partial charge is 0.379 e. The number of nitrogens with zero attached hydrogens (tertiary/aromatic N) is 1. The smallest absolute Gasteiger partial charge is 0.256 e. The summed E-state index contributed by atoms with van der Waals surface area (Å²) in [6, 6.07) is 4.03. The molecule has 1 aliphatic heterocycles. The lowest BCUT2D eigenvalue weighted by Gasteiger charge is -2.36. The summed E-state index contributed by atoms with van der Waals surface area (Å²) in [5, 5.41) is 0.360. The number of piperidine rings is 1. The molecule has 2 atom stereocenters. The Labute approximate surface area is 117 Å². The molecule has 1 aromatic carbocycles. The Bertz CT molecular complexity index is 481. The minimum absolute atomic E-state index is 0.0000505. The van der Waals surface area contributed by atoms with Gasteiger partial charge in [-0.25, -0.2) is 4.39 Å². The van der Waals surface area contributed by atoms with Crippen LogP contribution in [0.2, 0.25) is 5.02 Å². The average molecular weight is 286 g/mol. The standard InChI is InChI=1S/C14H17ClFNO2/c1-9-5-6-17(8-13(9)19-2)14(18)11-7-10(15)3-4-12(11)16/h3-4,7,9,13H,5-6,8H2,1-2H3. The molecule has 2 rings (SSSR count). The third-order valence-electron chi connectivity index (χ3n) is 3.64. The number of hydrogen-bond donors (Lipinski definition) is 0. The molecule has 0 radical (unpaired) electrons. The summed E-state index contributed by atoms with van der Waals surface area (Å²) in [6.45, 7) is 3.20. The van der Waals surface area contributed by atoms with Gasteiger partial charge in [-0.2, -0.15) is 0 Å². The van der Waals surface area contributed by atoms with E-state index in [0.717, 1.165) is 6.42 Å². The van der Waals surface area contributed by atoms with Gasteiger partial charge in [0.25, 0.3) is 5.91 Å². The number of carbonyl (C=O) groups excluding carboxylic acids is 1. The number of ether oxygens (including phenoxy) is 1. The van der Waals surface area contributed by atoms with Crippen LogP contribution >= 0.6 is 11.6 Å². The lowest BCUT2D eigenvalue weighted by molar-refractivity contribution is -0.00172. The minimum Gasteiger partial charge on any atom is -0.379 e. The molecule has 0 bridgehead atoms. The van der Waals surface area contributed by atoms with Crippen LogP contribution in [-0.2, 0) is 4.74 Å². The van der Waals surface area contributed by atoms with Crippen molar-refractivity contribution in [2.24, 2.45) is 5.92 Å². The third-order valence-corrected chi connectivity index (χ3v) is 3.87. The van der Waals surface area contributed by atoms with Crippen LogP contribution in [0.4, 0.5) is 4.39 Å². The number of amides is 1. The molecule has 3 nitrogen and oxygen atoms in total. The normalized spacial score (nSPS) is 23.5. The lowest BCUT2D eigenvalue weighted by Crippen LogP contribution is -2.46. The zero-order chi connectivity index (χ0) is 14.0. The summed E-state index contributed by atoms with van der Waals surface area (Å²) >= 11 is 5.82. The molecular weight excluding hydrogens is 269 g/mol. The van der Waals surface area contributed by atoms with Crippen LogP contribution < -0.4 is 0 Å². The van der Waals surface area contributed by atoms with Gasteiger partial charge in [0.2, 0.25) is 0 Å². The van der Waals surface area contributed by atoms with E-state index < -0.39 is 5.82 Å². The van der Waals surface area contributed by atoms with Crippen molar-refractivity contribution in [2.45, 2.75) is 19.4 Å². The Morgan fingerprint density at radius 2 is 2.26 bits per heavy atom. The number of carbonyl (C=O) groups is 1. The molecule has 1 aromatic rings. The quantitative estimate of drug-likeness (QED) is 0.836. The third kappa shape index (κ3) is 3.07. The fourth-order valence-electron chi connectivity index (χ4n) is 2.36. The van der Waals surface area contributed by atoms with Crippen LogP contribution in [0.15, 0.2) is 18.2 Å². The highest BCUT2D eigenvalue weighted by Crippen LogP contribution is 2.23. The molecule has 1 aliphatic rings. The van der Waals surface area contributed by atoms with E-state index in [4.69, 9.17) is 16.3 Å². The Kier molecular flexibility index (Phi) is 4.42. The van der Waals surface area contributed by atoms with Gasteiger partial charge in [0, 0.05) is 25.2 Å². The van der Waals surface area contributed by atoms with Crippen LogP contribution in [0.25, 0.3) is 0 Å². The van der Waals surface area contributed by atoms with Gasteiger partial charge in [0.15, 0.2) is 0 Å². The Balaban J connectivity index is 2.18. The van der Waals surface area contributed by atoms with Crippen molar-refractivity contribution in [3.63, 3.8) is 0 Å². The maximum atomic E-state index is 13.7. The van der Waals surface area contributed by atoms with Crippen LogP contribution in [-0.4, -0.2) is 37.1 Å². The number of hydrogen-bond acceptors (Lipinski definition) is 2. The molecular formula is C14H17ClFNO2. The SMILES string of the molecule is COC1CN(C(=O)c2cc(Cl)ccc2F)CCC1C. The van der Waals surface area contributed by atoms with Crippen LogP contribution in [0.1, 0.15) is 23.7 Å². The summed E-state index contributed by atoms with van der Waals surface area (Å²) in [5.74, 6) is -0.464. The second kappa shape index (κ2) is 5.88. The first kappa shape index (κ1) is 14.3. The predicted molar refractivity (Wildman–Crippen MR) is 71.9 cm³/mol. The van der Waals surface area contributed by atoms with Gasteiger partial charge in [-0.05, 0) is 30.5 Å². The number of rotatable bonds is 2. The van der Waals surface area contributed by atoms with Crippen molar-refractivity contribution in [1.82, 2.24) is 4.90 Å². The Morgan fingerprint density at radius 1 is 1.53 bits per heavy atom. The first-order valence-corrected chi connectivity index (χ1v) is 6.68. The zero-order valence-electron chi connectivity index (χ0n) is 11.0. The van der Waals surface area contributed by atoms with E-state index in [0.29, 0.717) is 24.0 Å². The second-order valence-electron chi connectivity index (χ2n) is 4.92. The molecule has 1 saturated heterocycles. The molecule has 5 heteroatoms. The van der Waals surface area contributed by atoms with E-state index in [1.165, 1.54) is 18.2 Å². The average Bonchev–Trinajstić information content (AvgIpc) is 2.41. The summed E-state index contributed by atoms with van der Waals surface area (Å²) < 4.78 is 19.1. The van der Waals surface area contributed by atoms with Gasteiger partial charge in [0.1, 0.15) is 5.82 Å². The monoisotopic (exact) mass is 285 g/mol. The number of likely N-dealkylation sites (tertiary alicyclic amines) is 1. The fourth-order valence-corrected chi connectivity index (χ4v) is 2.53. The van der Waals surface area contributed by atoms with Gasteiger partial charge in [0.05, 0.1) is 11.7 Å². The summed E-state index contributed by atoms with van der Waals surface area (Å²) in [4.78, 5) is 13.9. The minimum atomic E-state index is -0.540. The second-order valence-corrected chi connectivity index (χ2v) is 5.35. The fraction of sp³-hybridized carbons (Fsp3) is 0.500. The molecule has 0 N–H and O–H groups in total. The molecule has 2 unspecified atom stereocenters. The van der Waals surface area contributed by atoms with Crippen molar-refractivity contribution in [3.05, 3.63) is 34.6 Å². The van der Waals surface area contributed by atoms with Crippen LogP contribution in [0.3, 0.4) is 0 Å². The highest BCUT2D eigenvalue weighted by molar-refractivity contribution is 6.31. The van der Waals surface area contributed by atoms with Crippen molar-refractivity contribution in [3.8, 4) is 0 Å². The van der Waals surface area contributed by atoms with Gasteiger partial charge in [-0.3, -0.25) is 4.79 Å². The van der Waals surface area contributed by atoms with Gasteiger partial charge in [-0.15, -0.1) is 0 Å². The molecule has 0 saturated carbocycles. The highest BCUT2D eigenvalue weighted by atomic mass is 35.5. The highest BCUT2D eigenvalue weighted by Gasteiger charge is 2.30. The van der Waals surface area contributed by atoms with E-state index >= 15 is 0 Å². The number of halogens is 2. The molecule has 1 fully saturated rings. The first-order valence-electron chi connectivity index (χ1n) is 6.30. The van der Waals surface area contributed by atoms with E-state index in [-0.39, 0.29) is 17.6 Å². The predicted octanol–water partition coefficient (Wildman–Crippen LogP) is 2.98. The molecule has 104 valence electrons. The van der Waals surface area contributed by atoms with Crippen molar-refractivity contribution in [2.75, 3.05) is 20.2 Å².